The second-order valence-corrected chi connectivity index (χ2v) is 5.30. The van der Waals surface area contributed by atoms with E-state index >= 15 is 0 Å². The number of carbonyl (C=O) groups is 1. The van der Waals surface area contributed by atoms with Crippen molar-refractivity contribution in [2.75, 3.05) is 6.61 Å². The molecule has 0 radical (unpaired) electrons. The number of carbonyl (C=O) groups excluding carboxylic acids is 1. The van der Waals surface area contributed by atoms with Crippen molar-refractivity contribution in [1.82, 2.24) is 5.32 Å². The first-order valence-electron chi connectivity index (χ1n) is 5.28. The van der Waals surface area contributed by atoms with Crippen molar-refractivity contribution >= 4 is 13.7 Å². The molecule has 10 nitrogen and oxygen atoms in total. The molecule has 5 atom stereocenters. The van der Waals surface area contributed by atoms with Crippen molar-refractivity contribution in [2.45, 2.75) is 37.6 Å². The summed E-state index contributed by atoms with van der Waals surface area (Å²) in [6.07, 6.45) is -6.15. The number of aliphatic hydroxyl groups excluding tert-OH is 3. The van der Waals surface area contributed by atoms with Crippen LogP contribution in [0.5, 0.6) is 0 Å². The van der Waals surface area contributed by atoms with Crippen molar-refractivity contribution in [1.29, 1.82) is 0 Å². The van der Waals surface area contributed by atoms with E-state index in [0.717, 1.165) is 6.92 Å². The smallest absolute Gasteiger partial charge is 0.388 e. The summed E-state index contributed by atoms with van der Waals surface area (Å²) in [5.74, 6) is -0.552. The first-order chi connectivity index (χ1) is 8.61. The molecule has 0 bridgehead atoms. The lowest BCUT2D eigenvalue weighted by molar-refractivity contribution is -0.252. The molecule has 1 amide bonds. The van der Waals surface area contributed by atoms with Gasteiger partial charge >= 0.3 is 7.82 Å². The molecule has 1 heterocycles. The van der Waals surface area contributed by atoms with Crippen LogP contribution in [0.4, 0.5) is 0 Å². The SMILES string of the molecule is CC(=O)NC1C(O)[C@H](O)C(COP(=O)(O)O)O[C@H]1O. The zero-order valence-corrected chi connectivity index (χ0v) is 10.8. The molecule has 1 fully saturated rings. The Hall–Kier alpha value is -0.580. The van der Waals surface area contributed by atoms with Crippen LogP contribution in [0.1, 0.15) is 6.92 Å². The van der Waals surface area contributed by atoms with E-state index in [2.05, 4.69) is 9.84 Å². The molecule has 6 N–H and O–H groups in total. The standard InChI is InChI=1S/C8H16NO9P/c1-3(10)9-5-7(12)6(11)4(18-8(5)13)2-17-19(14,15)16/h4-8,11-13H,2H2,1H3,(H,9,10)(H2,14,15,16)/t4?,5?,6-,7?,8-/m1/s1. The van der Waals surface area contributed by atoms with E-state index in [1.807, 2.05) is 0 Å². The average molecular weight is 301 g/mol. The van der Waals surface area contributed by atoms with Gasteiger partial charge in [-0.05, 0) is 0 Å². The topological polar surface area (TPSA) is 166 Å². The van der Waals surface area contributed by atoms with E-state index < -0.39 is 51.0 Å². The Bertz CT molecular complexity index is 371. The van der Waals surface area contributed by atoms with Gasteiger partial charge in [0.05, 0.1) is 6.61 Å². The number of nitrogens with one attached hydrogen (secondary N) is 1. The first kappa shape index (κ1) is 16.5. The summed E-state index contributed by atoms with van der Waals surface area (Å²) in [4.78, 5) is 27.9. The highest BCUT2D eigenvalue weighted by atomic mass is 31.2. The Labute approximate surface area is 108 Å². The van der Waals surface area contributed by atoms with Gasteiger partial charge in [0.25, 0.3) is 0 Å². The second-order valence-electron chi connectivity index (χ2n) is 4.06. The van der Waals surface area contributed by atoms with E-state index in [0.29, 0.717) is 0 Å². The van der Waals surface area contributed by atoms with Gasteiger partial charge in [0.1, 0.15) is 24.4 Å². The molecule has 0 saturated carbocycles. The van der Waals surface area contributed by atoms with Gasteiger partial charge in [0.2, 0.25) is 5.91 Å². The number of phosphoric acid groups is 1. The minimum absolute atomic E-state index is 0.552. The minimum atomic E-state index is -4.76. The molecule has 1 aliphatic heterocycles. The molecule has 3 unspecified atom stereocenters. The van der Waals surface area contributed by atoms with Crippen LogP contribution in [-0.4, -0.2) is 68.3 Å². The molecule has 11 heteroatoms. The maximum absolute atomic E-state index is 10.9. The van der Waals surface area contributed by atoms with Crippen LogP contribution in [0.15, 0.2) is 0 Å². The molecule has 19 heavy (non-hydrogen) atoms. The van der Waals surface area contributed by atoms with E-state index in [-0.39, 0.29) is 0 Å². The fourth-order valence-corrected chi connectivity index (χ4v) is 1.99. The summed E-state index contributed by atoms with van der Waals surface area (Å²) in [6, 6.07) is -1.25. The van der Waals surface area contributed by atoms with Gasteiger partial charge in [-0.1, -0.05) is 0 Å². The van der Waals surface area contributed by atoms with Crippen LogP contribution in [0.2, 0.25) is 0 Å². The summed E-state index contributed by atoms with van der Waals surface area (Å²) in [5, 5.41) is 31.1. The van der Waals surface area contributed by atoms with Crippen molar-refractivity contribution in [3.8, 4) is 0 Å². The van der Waals surface area contributed by atoms with Crippen LogP contribution in [0, 0.1) is 0 Å². The first-order valence-corrected chi connectivity index (χ1v) is 6.81. The molecule has 1 saturated heterocycles. The molecule has 0 aromatic heterocycles. The Morgan fingerprint density at radius 1 is 1.32 bits per heavy atom. The number of hydrogen-bond donors (Lipinski definition) is 6. The van der Waals surface area contributed by atoms with Gasteiger partial charge in [-0.25, -0.2) is 4.57 Å². The van der Waals surface area contributed by atoms with Crippen LogP contribution in [0.3, 0.4) is 0 Å². The number of hydrogen-bond acceptors (Lipinski definition) is 7. The van der Waals surface area contributed by atoms with Gasteiger partial charge in [-0.2, -0.15) is 0 Å². The molecule has 0 spiro atoms. The lowest BCUT2D eigenvalue weighted by Crippen LogP contribution is -2.64. The number of aliphatic hydroxyl groups is 3. The normalized spacial score (nSPS) is 36.0. The molecule has 112 valence electrons. The summed E-state index contributed by atoms with van der Waals surface area (Å²) >= 11 is 0. The highest BCUT2D eigenvalue weighted by Gasteiger charge is 2.44. The Kier molecular flexibility index (Phi) is 5.42. The lowest BCUT2D eigenvalue weighted by atomic mass is 9.97. The second kappa shape index (κ2) is 6.25. The van der Waals surface area contributed by atoms with Crippen LogP contribution < -0.4 is 5.32 Å². The van der Waals surface area contributed by atoms with E-state index in [9.17, 15) is 24.7 Å². The van der Waals surface area contributed by atoms with Crippen LogP contribution >= 0.6 is 7.82 Å². The van der Waals surface area contributed by atoms with Crippen molar-refractivity contribution in [2.24, 2.45) is 0 Å². The Balaban J connectivity index is 2.66. The molecular formula is C8H16NO9P. The molecular weight excluding hydrogens is 285 g/mol. The van der Waals surface area contributed by atoms with Gasteiger partial charge < -0.3 is 35.2 Å². The third-order valence-corrected chi connectivity index (χ3v) is 2.98. The maximum Gasteiger partial charge on any atom is 0.469 e. The minimum Gasteiger partial charge on any atom is -0.388 e. The van der Waals surface area contributed by atoms with Crippen molar-refractivity contribution in [3.05, 3.63) is 0 Å². The van der Waals surface area contributed by atoms with Gasteiger partial charge in [0, 0.05) is 6.92 Å². The van der Waals surface area contributed by atoms with Crippen LogP contribution in [0.25, 0.3) is 0 Å². The number of rotatable bonds is 4. The third kappa shape index (κ3) is 4.79. The molecule has 1 aliphatic rings. The van der Waals surface area contributed by atoms with Crippen molar-refractivity contribution < 1.29 is 43.7 Å². The number of phosphoric ester groups is 1. The summed E-state index contributed by atoms with van der Waals surface area (Å²) in [6.45, 7) is 0.418. The van der Waals surface area contributed by atoms with Gasteiger partial charge in [-0.15, -0.1) is 0 Å². The summed E-state index contributed by atoms with van der Waals surface area (Å²) in [5.41, 5.74) is 0. The fourth-order valence-electron chi connectivity index (χ4n) is 1.65. The zero-order chi connectivity index (χ0) is 14.8. The number of ether oxygens (including phenoxy) is 1. The van der Waals surface area contributed by atoms with E-state index in [1.165, 1.54) is 0 Å². The van der Waals surface area contributed by atoms with Crippen LogP contribution in [-0.2, 0) is 18.6 Å². The summed E-state index contributed by atoms with van der Waals surface area (Å²) in [7, 11) is -4.76. The number of amides is 1. The largest absolute Gasteiger partial charge is 0.469 e. The Morgan fingerprint density at radius 3 is 2.37 bits per heavy atom. The third-order valence-electron chi connectivity index (χ3n) is 2.50. The van der Waals surface area contributed by atoms with E-state index in [4.69, 9.17) is 14.5 Å². The highest BCUT2D eigenvalue weighted by Crippen LogP contribution is 2.36. The maximum atomic E-state index is 10.9. The lowest BCUT2D eigenvalue weighted by Gasteiger charge is -2.40. The van der Waals surface area contributed by atoms with Crippen molar-refractivity contribution in [3.63, 3.8) is 0 Å². The average Bonchev–Trinajstić information content (AvgIpc) is 2.26. The zero-order valence-electron chi connectivity index (χ0n) is 9.91. The Morgan fingerprint density at radius 2 is 1.89 bits per heavy atom. The van der Waals surface area contributed by atoms with Gasteiger partial charge in [0.15, 0.2) is 6.29 Å². The monoisotopic (exact) mass is 301 g/mol. The van der Waals surface area contributed by atoms with Gasteiger partial charge in [-0.3, -0.25) is 9.32 Å². The predicted molar refractivity (Wildman–Crippen MR) is 58.5 cm³/mol. The molecule has 1 rings (SSSR count). The quantitative estimate of drug-likeness (QED) is 0.297. The summed E-state index contributed by atoms with van der Waals surface area (Å²) < 4.78 is 19.5. The molecule has 0 aromatic carbocycles. The highest BCUT2D eigenvalue weighted by molar-refractivity contribution is 7.46. The molecule has 0 aromatic rings. The van der Waals surface area contributed by atoms with E-state index in [1.54, 1.807) is 0 Å². The molecule has 0 aliphatic carbocycles. The fraction of sp³-hybridized carbons (Fsp3) is 0.875. The predicted octanol–water partition coefficient (Wildman–Crippen LogP) is -2.96.